The van der Waals surface area contributed by atoms with Crippen molar-refractivity contribution in [3.63, 3.8) is 0 Å². The van der Waals surface area contributed by atoms with E-state index < -0.39 is 0 Å². The number of ether oxygens (including phenoxy) is 1. The Labute approximate surface area is 157 Å². The molecule has 0 aliphatic heterocycles. The predicted molar refractivity (Wildman–Crippen MR) is 104 cm³/mol. The van der Waals surface area contributed by atoms with Crippen LogP contribution in [0.3, 0.4) is 0 Å². The first-order valence-electron chi connectivity index (χ1n) is 8.62. The first-order valence-corrected chi connectivity index (χ1v) is 9.50. The van der Waals surface area contributed by atoms with Gasteiger partial charge in [0.25, 0.3) is 0 Å². The second-order valence-electron chi connectivity index (χ2n) is 6.63. The van der Waals surface area contributed by atoms with E-state index in [4.69, 9.17) is 4.74 Å². The van der Waals surface area contributed by atoms with Gasteiger partial charge in [0.05, 0.1) is 12.1 Å². The highest BCUT2D eigenvalue weighted by atomic mass is 32.1. The van der Waals surface area contributed by atoms with Crippen molar-refractivity contribution in [2.24, 2.45) is 0 Å². The molecule has 26 heavy (non-hydrogen) atoms. The molecule has 5 heteroatoms. The van der Waals surface area contributed by atoms with Gasteiger partial charge in [-0.05, 0) is 30.0 Å². The van der Waals surface area contributed by atoms with E-state index >= 15 is 0 Å². The first kappa shape index (κ1) is 18.3. The van der Waals surface area contributed by atoms with E-state index in [0.29, 0.717) is 5.92 Å². The van der Waals surface area contributed by atoms with Crippen molar-refractivity contribution >= 4 is 17.3 Å². The number of esters is 1. The van der Waals surface area contributed by atoms with Crippen molar-refractivity contribution in [1.29, 1.82) is 0 Å². The van der Waals surface area contributed by atoms with Gasteiger partial charge in [0, 0.05) is 28.9 Å². The van der Waals surface area contributed by atoms with Gasteiger partial charge in [-0.15, -0.1) is 11.3 Å². The molecule has 0 spiro atoms. The van der Waals surface area contributed by atoms with Gasteiger partial charge in [-0.25, -0.2) is 4.98 Å². The van der Waals surface area contributed by atoms with Crippen LogP contribution < -0.4 is 0 Å². The molecule has 0 fully saturated rings. The van der Waals surface area contributed by atoms with Gasteiger partial charge in [0.1, 0.15) is 11.6 Å². The van der Waals surface area contributed by atoms with E-state index in [-0.39, 0.29) is 19.0 Å². The molecule has 3 aromatic rings. The minimum Gasteiger partial charge on any atom is -0.460 e. The Morgan fingerprint density at radius 1 is 1.19 bits per heavy atom. The maximum absolute atomic E-state index is 12.1. The maximum Gasteiger partial charge on any atom is 0.312 e. The Kier molecular flexibility index (Phi) is 5.78. The highest BCUT2D eigenvalue weighted by Gasteiger charge is 2.11. The largest absolute Gasteiger partial charge is 0.460 e. The highest BCUT2D eigenvalue weighted by molar-refractivity contribution is 7.13. The third kappa shape index (κ3) is 4.76. The van der Waals surface area contributed by atoms with Gasteiger partial charge in [-0.3, -0.25) is 9.78 Å². The van der Waals surface area contributed by atoms with Gasteiger partial charge in [0.15, 0.2) is 0 Å². The van der Waals surface area contributed by atoms with Gasteiger partial charge < -0.3 is 4.74 Å². The van der Waals surface area contributed by atoms with Gasteiger partial charge in [0.2, 0.25) is 0 Å². The third-order valence-electron chi connectivity index (χ3n) is 4.03. The van der Waals surface area contributed by atoms with Crippen molar-refractivity contribution in [1.82, 2.24) is 9.97 Å². The van der Waals surface area contributed by atoms with Crippen LogP contribution in [0.1, 0.15) is 42.1 Å². The summed E-state index contributed by atoms with van der Waals surface area (Å²) in [6.07, 6.45) is 3.66. The zero-order valence-electron chi connectivity index (χ0n) is 15.2. The fraction of sp³-hybridized carbons (Fsp3) is 0.286. The lowest BCUT2D eigenvalue weighted by Crippen LogP contribution is -2.08. The fourth-order valence-electron chi connectivity index (χ4n) is 2.59. The van der Waals surface area contributed by atoms with Crippen molar-refractivity contribution in [3.05, 3.63) is 70.5 Å². The Morgan fingerprint density at radius 2 is 1.96 bits per heavy atom. The van der Waals surface area contributed by atoms with Crippen LogP contribution >= 0.6 is 11.3 Å². The van der Waals surface area contributed by atoms with E-state index in [9.17, 15) is 4.79 Å². The number of benzene rings is 1. The molecule has 134 valence electrons. The predicted octanol–water partition coefficient (Wildman–Crippen LogP) is 4.92. The Balaban J connectivity index is 1.58. The number of hydrogen-bond acceptors (Lipinski definition) is 5. The first-order chi connectivity index (χ1) is 12.5. The standard InChI is InChI=1S/C21H22N2O2S/c1-14(2)17-4-6-18(7-5-17)21-23-19(13-26-21)9-20(24)25-12-16-8-15(3)10-22-11-16/h4-8,10-11,13-14H,9,12H2,1-3H3. The molecule has 0 atom stereocenters. The van der Waals surface area contributed by atoms with Gasteiger partial charge >= 0.3 is 5.97 Å². The lowest BCUT2D eigenvalue weighted by atomic mass is 10.0. The molecule has 0 amide bonds. The lowest BCUT2D eigenvalue weighted by Gasteiger charge is -2.05. The summed E-state index contributed by atoms with van der Waals surface area (Å²) in [5, 5.41) is 2.84. The third-order valence-corrected chi connectivity index (χ3v) is 4.97. The normalized spacial score (nSPS) is 10.9. The number of pyridine rings is 1. The van der Waals surface area contributed by atoms with Crippen molar-refractivity contribution in [3.8, 4) is 10.6 Å². The number of carbonyl (C=O) groups is 1. The molecule has 2 heterocycles. The molecule has 0 saturated heterocycles. The summed E-state index contributed by atoms with van der Waals surface area (Å²) in [6, 6.07) is 10.4. The number of carbonyl (C=O) groups excluding carboxylic acids is 1. The fourth-order valence-corrected chi connectivity index (χ4v) is 3.42. The SMILES string of the molecule is Cc1cncc(COC(=O)Cc2csc(-c3ccc(C(C)C)cc3)n2)c1. The molecular formula is C21H22N2O2S. The molecule has 0 aliphatic carbocycles. The van der Waals surface area contributed by atoms with Gasteiger partial charge in [-0.2, -0.15) is 0 Å². The van der Waals surface area contributed by atoms with Crippen LogP contribution in [0, 0.1) is 6.92 Å². The number of thiazole rings is 1. The summed E-state index contributed by atoms with van der Waals surface area (Å²) in [7, 11) is 0. The summed E-state index contributed by atoms with van der Waals surface area (Å²) in [5.74, 6) is 0.229. The molecule has 0 aliphatic rings. The number of aromatic nitrogens is 2. The van der Waals surface area contributed by atoms with E-state index in [1.165, 1.54) is 5.56 Å². The average Bonchev–Trinajstić information content (AvgIpc) is 3.08. The smallest absolute Gasteiger partial charge is 0.312 e. The summed E-state index contributed by atoms with van der Waals surface area (Å²) in [5.41, 5.74) is 5.06. The maximum atomic E-state index is 12.1. The summed E-state index contributed by atoms with van der Waals surface area (Å²) in [6.45, 7) is 6.55. The molecular weight excluding hydrogens is 344 g/mol. The van der Waals surface area contributed by atoms with Crippen molar-refractivity contribution in [2.45, 2.75) is 39.7 Å². The summed E-state index contributed by atoms with van der Waals surface area (Å²) >= 11 is 1.55. The van der Waals surface area contributed by atoms with E-state index in [1.807, 2.05) is 18.4 Å². The molecule has 2 aromatic heterocycles. The van der Waals surface area contributed by atoms with Crippen LogP contribution in [0.4, 0.5) is 0 Å². The second-order valence-corrected chi connectivity index (χ2v) is 7.49. The molecule has 0 bridgehead atoms. The number of hydrogen-bond donors (Lipinski definition) is 0. The van der Waals surface area contributed by atoms with E-state index in [0.717, 1.165) is 27.4 Å². The van der Waals surface area contributed by atoms with Crippen LogP contribution in [-0.4, -0.2) is 15.9 Å². The molecule has 1 aromatic carbocycles. The van der Waals surface area contributed by atoms with Crippen molar-refractivity contribution < 1.29 is 9.53 Å². The van der Waals surface area contributed by atoms with E-state index in [2.05, 4.69) is 48.1 Å². The van der Waals surface area contributed by atoms with Crippen molar-refractivity contribution in [2.75, 3.05) is 0 Å². The molecule has 0 saturated carbocycles. The molecule has 0 N–H and O–H groups in total. The Morgan fingerprint density at radius 3 is 2.65 bits per heavy atom. The molecule has 0 unspecified atom stereocenters. The second kappa shape index (κ2) is 8.23. The lowest BCUT2D eigenvalue weighted by molar-refractivity contribution is -0.144. The minimum atomic E-state index is -0.279. The van der Waals surface area contributed by atoms with Crippen LogP contribution in [0.15, 0.2) is 48.1 Å². The van der Waals surface area contributed by atoms with Crippen LogP contribution in [0.25, 0.3) is 10.6 Å². The monoisotopic (exact) mass is 366 g/mol. The quantitative estimate of drug-likeness (QED) is 0.581. The van der Waals surface area contributed by atoms with E-state index in [1.54, 1.807) is 23.7 Å². The van der Waals surface area contributed by atoms with Gasteiger partial charge in [-0.1, -0.05) is 38.1 Å². The molecule has 4 nitrogen and oxygen atoms in total. The minimum absolute atomic E-state index is 0.180. The zero-order chi connectivity index (χ0) is 18.5. The number of aryl methyl sites for hydroxylation is 1. The molecule has 3 rings (SSSR count). The summed E-state index contributed by atoms with van der Waals surface area (Å²) in [4.78, 5) is 20.7. The Hall–Kier alpha value is -2.53. The highest BCUT2D eigenvalue weighted by Crippen LogP contribution is 2.26. The Bertz CT molecular complexity index is 885. The number of nitrogens with zero attached hydrogens (tertiary/aromatic N) is 2. The number of rotatable bonds is 6. The van der Waals surface area contributed by atoms with Crippen LogP contribution in [0.2, 0.25) is 0 Å². The van der Waals surface area contributed by atoms with Crippen LogP contribution in [-0.2, 0) is 22.6 Å². The average molecular weight is 366 g/mol. The zero-order valence-corrected chi connectivity index (χ0v) is 16.0. The van der Waals surface area contributed by atoms with Crippen LogP contribution in [0.5, 0.6) is 0 Å². The molecule has 0 radical (unpaired) electrons. The summed E-state index contributed by atoms with van der Waals surface area (Å²) < 4.78 is 5.33. The topological polar surface area (TPSA) is 52.1 Å².